The number of hydrogen-bond donors (Lipinski definition) is 0. The molecular weight excluding hydrogens is 230 g/mol. The zero-order valence-corrected chi connectivity index (χ0v) is 10.3. The molecule has 0 N–H and O–H groups in total. The first-order valence-corrected chi connectivity index (χ1v) is 6.12. The summed E-state index contributed by atoms with van der Waals surface area (Å²) >= 11 is 0. The highest BCUT2D eigenvalue weighted by molar-refractivity contribution is 5.86. The number of aldehydes is 1. The van der Waals surface area contributed by atoms with Crippen molar-refractivity contribution in [2.75, 3.05) is 18.0 Å². The fourth-order valence-corrected chi connectivity index (χ4v) is 2.45. The fourth-order valence-electron chi connectivity index (χ4n) is 2.45. The molecule has 1 saturated heterocycles. The van der Waals surface area contributed by atoms with Crippen LogP contribution in [-0.4, -0.2) is 39.1 Å². The molecule has 18 heavy (non-hydrogen) atoms. The number of aromatic nitrogens is 4. The molecule has 1 fully saturated rings. The average molecular weight is 245 g/mol. The van der Waals surface area contributed by atoms with Gasteiger partial charge < -0.3 is 9.69 Å². The molecule has 0 spiro atoms. The lowest BCUT2D eigenvalue weighted by atomic mass is 9.98. The largest absolute Gasteiger partial charge is 0.356 e. The van der Waals surface area contributed by atoms with Crippen molar-refractivity contribution in [1.29, 1.82) is 0 Å². The average Bonchev–Trinajstić information content (AvgIpc) is 2.81. The number of rotatable bonds is 2. The second-order valence-electron chi connectivity index (χ2n) is 4.66. The van der Waals surface area contributed by atoms with Gasteiger partial charge in [0.25, 0.3) is 0 Å². The van der Waals surface area contributed by atoms with E-state index in [9.17, 15) is 4.79 Å². The highest BCUT2D eigenvalue weighted by Gasteiger charge is 2.21. The van der Waals surface area contributed by atoms with E-state index in [4.69, 9.17) is 0 Å². The van der Waals surface area contributed by atoms with E-state index >= 15 is 0 Å². The Balaban J connectivity index is 1.93. The van der Waals surface area contributed by atoms with Gasteiger partial charge in [0.15, 0.2) is 5.65 Å². The third-order valence-electron chi connectivity index (χ3n) is 3.54. The van der Waals surface area contributed by atoms with Gasteiger partial charge in [0.2, 0.25) is 0 Å². The van der Waals surface area contributed by atoms with Gasteiger partial charge in [0, 0.05) is 26.1 Å². The van der Waals surface area contributed by atoms with Crippen LogP contribution in [0.25, 0.3) is 11.0 Å². The van der Waals surface area contributed by atoms with Crippen LogP contribution in [0.4, 0.5) is 5.82 Å². The Labute approximate surface area is 105 Å². The van der Waals surface area contributed by atoms with Crippen molar-refractivity contribution in [3.63, 3.8) is 0 Å². The van der Waals surface area contributed by atoms with Crippen molar-refractivity contribution in [2.24, 2.45) is 13.0 Å². The quantitative estimate of drug-likeness (QED) is 0.731. The van der Waals surface area contributed by atoms with E-state index < -0.39 is 0 Å². The summed E-state index contributed by atoms with van der Waals surface area (Å²) in [5.74, 6) is 1.13. The van der Waals surface area contributed by atoms with Crippen molar-refractivity contribution in [3.8, 4) is 0 Å². The van der Waals surface area contributed by atoms with Crippen molar-refractivity contribution in [1.82, 2.24) is 19.7 Å². The fraction of sp³-hybridized carbons (Fsp3) is 0.500. The number of carbonyl (C=O) groups is 1. The topological polar surface area (TPSA) is 63.9 Å². The molecule has 3 rings (SSSR count). The summed E-state index contributed by atoms with van der Waals surface area (Å²) < 4.78 is 1.75. The number of aryl methyl sites for hydroxylation is 1. The molecule has 94 valence electrons. The predicted molar refractivity (Wildman–Crippen MR) is 67.3 cm³/mol. The summed E-state index contributed by atoms with van der Waals surface area (Å²) in [6.07, 6.45) is 6.24. The Hall–Kier alpha value is -1.98. The van der Waals surface area contributed by atoms with E-state index in [1.165, 1.54) is 0 Å². The summed E-state index contributed by atoms with van der Waals surface area (Å²) in [6, 6.07) is 0. The molecule has 1 aliphatic rings. The van der Waals surface area contributed by atoms with Crippen LogP contribution >= 0.6 is 0 Å². The molecule has 3 heterocycles. The monoisotopic (exact) mass is 245 g/mol. The Morgan fingerprint density at radius 3 is 2.83 bits per heavy atom. The Morgan fingerprint density at radius 1 is 1.33 bits per heavy atom. The molecule has 6 heteroatoms. The summed E-state index contributed by atoms with van der Waals surface area (Å²) in [5.41, 5.74) is 0.845. The van der Waals surface area contributed by atoms with Crippen molar-refractivity contribution >= 4 is 23.1 Å². The van der Waals surface area contributed by atoms with E-state index in [1.54, 1.807) is 17.2 Å². The van der Waals surface area contributed by atoms with Crippen LogP contribution in [0.5, 0.6) is 0 Å². The number of fused-ring (bicyclic) bond motifs is 1. The van der Waals surface area contributed by atoms with Crippen LogP contribution in [0.3, 0.4) is 0 Å². The molecule has 6 nitrogen and oxygen atoms in total. The smallest absolute Gasteiger partial charge is 0.163 e. The van der Waals surface area contributed by atoms with Gasteiger partial charge in [-0.15, -0.1) is 0 Å². The van der Waals surface area contributed by atoms with Gasteiger partial charge in [-0.25, -0.2) is 9.97 Å². The standard InChI is InChI=1S/C12H15N5O/c1-16-11-10(6-15-16)12(14-8-13-11)17-4-2-9(7-18)3-5-17/h6-9H,2-5H2,1H3. The first-order chi connectivity index (χ1) is 8.79. The van der Waals surface area contributed by atoms with Crippen molar-refractivity contribution < 1.29 is 4.79 Å². The maximum absolute atomic E-state index is 10.8. The van der Waals surface area contributed by atoms with Gasteiger partial charge in [-0.1, -0.05) is 0 Å². The van der Waals surface area contributed by atoms with E-state index in [0.29, 0.717) is 0 Å². The number of hydrogen-bond acceptors (Lipinski definition) is 5. The molecule has 0 aromatic carbocycles. The third kappa shape index (κ3) is 1.73. The number of nitrogens with zero attached hydrogens (tertiary/aromatic N) is 5. The van der Waals surface area contributed by atoms with Gasteiger partial charge in [-0.3, -0.25) is 4.68 Å². The maximum atomic E-state index is 10.8. The second-order valence-corrected chi connectivity index (χ2v) is 4.66. The lowest BCUT2D eigenvalue weighted by molar-refractivity contribution is -0.111. The van der Waals surface area contributed by atoms with Gasteiger partial charge in [0.1, 0.15) is 18.4 Å². The molecule has 0 radical (unpaired) electrons. The maximum Gasteiger partial charge on any atom is 0.163 e. The molecule has 0 aliphatic carbocycles. The van der Waals surface area contributed by atoms with Crippen LogP contribution in [0.15, 0.2) is 12.5 Å². The van der Waals surface area contributed by atoms with Gasteiger partial charge in [-0.05, 0) is 12.8 Å². The van der Waals surface area contributed by atoms with Gasteiger partial charge >= 0.3 is 0 Å². The molecule has 2 aromatic rings. The lowest BCUT2D eigenvalue weighted by Gasteiger charge is -2.30. The summed E-state index contributed by atoms with van der Waals surface area (Å²) in [7, 11) is 1.87. The third-order valence-corrected chi connectivity index (χ3v) is 3.54. The molecule has 2 aromatic heterocycles. The van der Waals surface area contributed by atoms with Crippen LogP contribution in [0, 0.1) is 5.92 Å². The first kappa shape index (κ1) is 11.1. The zero-order chi connectivity index (χ0) is 12.5. The Kier molecular flexibility index (Phi) is 2.70. The molecule has 0 amide bonds. The van der Waals surface area contributed by atoms with E-state index in [0.717, 1.165) is 49.1 Å². The van der Waals surface area contributed by atoms with Crippen molar-refractivity contribution in [3.05, 3.63) is 12.5 Å². The molecule has 0 atom stereocenters. The van der Waals surface area contributed by atoms with E-state index in [2.05, 4.69) is 20.0 Å². The minimum absolute atomic E-state index is 0.201. The first-order valence-electron chi connectivity index (χ1n) is 6.12. The number of piperidine rings is 1. The lowest BCUT2D eigenvalue weighted by Crippen LogP contribution is -2.34. The second kappa shape index (κ2) is 4.36. The van der Waals surface area contributed by atoms with Crippen LogP contribution in [0.2, 0.25) is 0 Å². The molecular formula is C12H15N5O. The summed E-state index contributed by atoms with van der Waals surface area (Å²) in [6.45, 7) is 1.73. The van der Waals surface area contributed by atoms with E-state index in [-0.39, 0.29) is 5.92 Å². The van der Waals surface area contributed by atoms with Crippen molar-refractivity contribution in [2.45, 2.75) is 12.8 Å². The minimum atomic E-state index is 0.201. The summed E-state index contributed by atoms with van der Waals surface area (Å²) in [4.78, 5) is 21.6. The highest BCUT2D eigenvalue weighted by Crippen LogP contribution is 2.26. The normalized spacial score (nSPS) is 17.3. The van der Waals surface area contributed by atoms with Crippen LogP contribution in [-0.2, 0) is 11.8 Å². The Bertz CT molecular complexity index is 571. The summed E-state index contributed by atoms with van der Waals surface area (Å²) in [5, 5.41) is 5.19. The SMILES string of the molecule is Cn1ncc2c(N3CCC(C=O)CC3)ncnc21. The van der Waals surface area contributed by atoms with Crippen LogP contribution in [0.1, 0.15) is 12.8 Å². The molecule has 0 unspecified atom stereocenters. The Morgan fingerprint density at radius 2 is 2.11 bits per heavy atom. The minimum Gasteiger partial charge on any atom is -0.356 e. The molecule has 1 aliphatic heterocycles. The van der Waals surface area contributed by atoms with E-state index in [1.807, 2.05) is 7.05 Å². The zero-order valence-electron chi connectivity index (χ0n) is 10.3. The number of anilines is 1. The number of carbonyl (C=O) groups excluding carboxylic acids is 1. The van der Waals surface area contributed by atoms with Crippen LogP contribution < -0.4 is 4.90 Å². The van der Waals surface area contributed by atoms with Gasteiger partial charge in [-0.2, -0.15) is 5.10 Å². The highest BCUT2D eigenvalue weighted by atomic mass is 16.1. The predicted octanol–water partition coefficient (Wildman–Crippen LogP) is 0.779. The molecule has 0 bridgehead atoms. The van der Waals surface area contributed by atoms with Gasteiger partial charge in [0.05, 0.1) is 11.6 Å². The molecule has 0 saturated carbocycles.